The number of ether oxygens (including phenoxy) is 3. The Hall–Kier alpha value is -3.18. The minimum absolute atomic E-state index is 0.314. The minimum Gasteiger partial charge on any atom is -0.508 e. The van der Waals surface area contributed by atoms with Crippen molar-refractivity contribution in [1.82, 2.24) is 5.32 Å². The summed E-state index contributed by atoms with van der Waals surface area (Å²) in [5.41, 5.74) is 3.71. The number of phenolic OH excluding ortho intramolecular Hbond substituents is 1. The van der Waals surface area contributed by atoms with Gasteiger partial charge < -0.3 is 24.6 Å². The quantitative estimate of drug-likeness (QED) is 0.467. The van der Waals surface area contributed by atoms with E-state index in [9.17, 15) is 5.11 Å². The van der Waals surface area contributed by atoms with E-state index in [1.54, 1.807) is 26.4 Å². The van der Waals surface area contributed by atoms with Crippen LogP contribution >= 0.6 is 0 Å². The summed E-state index contributed by atoms with van der Waals surface area (Å²) >= 11 is 0. The third-order valence-corrected chi connectivity index (χ3v) is 6.51. The Morgan fingerprint density at radius 2 is 1.47 bits per heavy atom. The standard InChI is InChI=1S/C29H35NO4/c1-32-26-15-10-22-5-3-4-6-24(30-18-17-21-8-13-25(31)14-9-21)12-7-23-11-16-27(33-2)29(20-23)34-28(26)19-22/h8-11,13-16,19-20,24,30-31H,3-7,12,17-18H2,1-2H3. The highest BCUT2D eigenvalue weighted by Gasteiger charge is 2.15. The SMILES string of the molecule is COc1ccc2cc1Oc1cc(ccc1OC)CCC(NCCc1ccc(O)cc1)CCCC2. The summed E-state index contributed by atoms with van der Waals surface area (Å²) in [6, 6.07) is 20.3. The molecule has 4 bridgehead atoms. The van der Waals surface area contributed by atoms with E-state index in [4.69, 9.17) is 14.2 Å². The Morgan fingerprint density at radius 1 is 0.824 bits per heavy atom. The summed E-state index contributed by atoms with van der Waals surface area (Å²) < 4.78 is 17.4. The lowest BCUT2D eigenvalue weighted by atomic mass is 9.98. The van der Waals surface area contributed by atoms with Gasteiger partial charge in [0.25, 0.3) is 0 Å². The highest BCUT2D eigenvalue weighted by Crippen LogP contribution is 2.38. The molecule has 0 aromatic heterocycles. The second kappa shape index (κ2) is 11.8. The average Bonchev–Trinajstić information content (AvgIpc) is 2.85. The molecule has 180 valence electrons. The Kier molecular flexibility index (Phi) is 8.31. The topological polar surface area (TPSA) is 60.0 Å². The molecule has 34 heavy (non-hydrogen) atoms. The summed E-state index contributed by atoms with van der Waals surface area (Å²) in [7, 11) is 3.34. The van der Waals surface area contributed by atoms with Crippen LogP contribution in [0.5, 0.6) is 28.7 Å². The Bertz CT molecular complexity index is 1060. The van der Waals surface area contributed by atoms with Crippen LogP contribution < -0.4 is 19.5 Å². The van der Waals surface area contributed by atoms with Gasteiger partial charge in [0.15, 0.2) is 23.0 Å². The number of nitrogens with one attached hydrogen (secondary N) is 1. The van der Waals surface area contributed by atoms with Gasteiger partial charge in [-0.15, -0.1) is 0 Å². The summed E-state index contributed by atoms with van der Waals surface area (Å²) in [5, 5.41) is 13.3. The molecule has 3 aromatic carbocycles. The number of rotatable bonds is 6. The zero-order valence-corrected chi connectivity index (χ0v) is 20.2. The molecule has 5 heteroatoms. The van der Waals surface area contributed by atoms with Gasteiger partial charge in [0.05, 0.1) is 14.2 Å². The fourth-order valence-corrected chi connectivity index (χ4v) is 4.52. The molecule has 0 spiro atoms. The number of aromatic hydroxyl groups is 1. The van der Waals surface area contributed by atoms with Gasteiger partial charge in [0.2, 0.25) is 0 Å². The normalized spacial score (nSPS) is 16.2. The highest BCUT2D eigenvalue weighted by molar-refractivity contribution is 5.50. The number of benzene rings is 3. The number of fused-ring (bicyclic) bond motifs is 4. The first kappa shape index (κ1) is 24.0. The van der Waals surface area contributed by atoms with Gasteiger partial charge in [-0.2, -0.15) is 0 Å². The molecule has 1 unspecified atom stereocenters. The van der Waals surface area contributed by atoms with Crippen molar-refractivity contribution in [2.45, 2.75) is 51.0 Å². The second-order valence-corrected chi connectivity index (χ2v) is 8.92. The first-order valence-electron chi connectivity index (χ1n) is 12.2. The molecule has 0 saturated carbocycles. The van der Waals surface area contributed by atoms with Gasteiger partial charge in [-0.05, 0) is 98.2 Å². The summed E-state index contributed by atoms with van der Waals surface area (Å²) in [6.07, 6.45) is 7.45. The molecule has 1 aliphatic heterocycles. The fourth-order valence-electron chi connectivity index (χ4n) is 4.52. The maximum absolute atomic E-state index is 9.49. The van der Waals surface area contributed by atoms with Crippen LogP contribution in [0, 0.1) is 0 Å². The lowest BCUT2D eigenvalue weighted by Crippen LogP contribution is -2.31. The van der Waals surface area contributed by atoms with Crippen LogP contribution in [0.25, 0.3) is 0 Å². The van der Waals surface area contributed by atoms with E-state index in [1.807, 2.05) is 24.3 Å². The van der Waals surface area contributed by atoms with Crippen molar-refractivity contribution in [3.8, 4) is 28.7 Å². The second-order valence-electron chi connectivity index (χ2n) is 8.92. The predicted octanol–water partition coefficient (Wildman–Crippen LogP) is 6.06. The van der Waals surface area contributed by atoms with Crippen LogP contribution in [0.4, 0.5) is 0 Å². The van der Waals surface area contributed by atoms with Gasteiger partial charge in [-0.3, -0.25) is 0 Å². The summed E-state index contributed by atoms with van der Waals surface area (Å²) in [4.78, 5) is 0. The summed E-state index contributed by atoms with van der Waals surface area (Å²) in [6.45, 7) is 0.925. The first-order valence-corrected chi connectivity index (χ1v) is 12.2. The van der Waals surface area contributed by atoms with Gasteiger partial charge in [-0.1, -0.05) is 30.7 Å². The van der Waals surface area contributed by atoms with Crippen LogP contribution in [0.2, 0.25) is 0 Å². The molecular formula is C29H35NO4. The van der Waals surface area contributed by atoms with Crippen molar-refractivity contribution in [2.75, 3.05) is 20.8 Å². The minimum atomic E-state index is 0.314. The molecule has 0 aliphatic carbocycles. The molecule has 3 aromatic rings. The van der Waals surface area contributed by atoms with Crippen molar-refractivity contribution in [2.24, 2.45) is 0 Å². The lowest BCUT2D eigenvalue weighted by Gasteiger charge is -2.20. The molecular weight excluding hydrogens is 426 g/mol. The first-order chi connectivity index (χ1) is 16.6. The van der Waals surface area contributed by atoms with Gasteiger partial charge >= 0.3 is 0 Å². The number of methoxy groups -OCH3 is 2. The number of phenols is 1. The molecule has 0 fully saturated rings. The van der Waals surface area contributed by atoms with Crippen LogP contribution in [-0.4, -0.2) is 31.9 Å². The molecule has 0 saturated heterocycles. The zero-order chi connectivity index (χ0) is 23.8. The smallest absolute Gasteiger partial charge is 0.169 e. The molecule has 2 N–H and O–H groups in total. The third kappa shape index (κ3) is 6.45. The van der Waals surface area contributed by atoms with E-state index in [0.717, 1.165) is 56.6 Å². The largest absolute Gasteiger partial charge is 0.508 e. The Labute approximate surface area is 202 Å². The van der Waals surface area contributed by atoms with E-state index in [-0.39, 0.29) is 0 Å². The van der Waals surface area contributed by atoms with Crippen LogP contribution in [-0.2, 0) is 19.3 Å². The maximum Gasteiger partial charge on any atom is 0.169 e. The highest BCUT2D eigenvalue weighted by atomic mass is 16.5. The van der Waals surface area contributed by atoms with Crippen LogP contribution in [0.3, 0.4) is 0 Å². The van der Waals surface area contributed by atoms with E-state index >= 15 is 0 Å². The molecule has 5 nitrogen and oxygen atoms in total. The van der Waals surface area contributed by atoms with Crippen LogP contribution in [0.1, 0.15) is 42.4 Å². The van der Waals surface area contributed by atoms with Crippen molar-refractivity contribution in [3.05, 3.63) is 77.4 Å². The monoisotopic (exact) mass is 461 g/mol. The zero-order valence-electron chi connectivity index (χ0n) is 20.2. The van der Waals surface area contributed by atoms with Gasteiger partial charge in [-0.25, -0.2) is 0 Å². The van der Waals surface area contributed by atoms with E-state index in [1.165, 1.54) is 23.1 Å². The fraction of sp³-hybridized carbons (Fsp3) is 0.379. The maximum atomic E-state index is 9.49. The van der Waals surface area contributed by atoms with E-state index in [2.05, 4.69) is 29.6 Å². The lowest BCUT2D eigenvalue weighted by molar-refractivity contribution is 0.355. The molecule has 1 heterocycles. The molecule has 1 aliphatic rings. The molecule has 0 amide bonds. The molecule has 0 radical (unpaired) electrons. The van der Waals surface area contributed by atoms with Gasteiger partial charge in [0, 0.05) is 6.04 Å². The number of hydrogen-bond acceptors (Lipinski definition) is 5. The Balaban J connectivity index is 1.49. The number of aryl methyl sites for hydroxylation is 2. The van der Waals surface area contributed by atoms with E-state index in [0.29, 0.717) is 23.3 Å². The van der Waals surface area contributed by atoms with Gasteiger partial charge in [0.1, 0.15) is 5.75 Å². The summed E-state index contributed by atoms with van der Waals surface area (Å²) in [5.74, 6) is 3.19. The van der Waals surface area contributed by atoms with Crippen molar-refractivity contribution < 1.29 is 19.3 Å². The van der Waals surface area contributed by atoms with Crippen molar-refractivity contribution in [1.29, 1.82) is 0 Å². The van der Waals surface area contributed by atoms with Crippen molar-refractivity contribution in [3.63, 3.8) is 0 Å². The average molecular weight is 462 g/mol. The van der Waals surface area contributed by atoms with Crippen molar-refractivity contribution >= 4 is 0 Å². The molecule has 4 rings (SSSR count). The van der Waals surface area contributed by atoms with E-state index < -0.39 is 0 Å². The van der Waals surface area contributed by atoms with Crippen LogP contribution in [0.15, 0.2) is 60.7 Å². The predicted molar refractivity (Wildman–Crippen MR) is 136 cm³/mol. The Morgan fingerprint density at radius 3 is 2.12 bits per heavy atom. The third-order valence-electron chi connectivity index (χ3n) is 6.51. The molecule has 1 atom stereocenters. The number of hydrogen-bond donors (Lipinski definition) is 2.